The van der Waals surface area contributed by atoms with Gasteiger partial charge >= 0.3 is 17.9 Å². The number of hydrogen-bond donors (Lipinski definition) is 5. The quantitative estimate of drug-likeness (QED) is 0.127. The second kappa shape index (κ2) is 20.7. The summed E-state index contributed by atoms with van der Waals surface area (Å²) in [5.74, 6) is -6.55. The van der Waals surface area contributed by atoms with Gasteiger partial charge in [-0.25, -0.2) is 9.59 Å². The van der Waals surface area contributed by atoms with Gasteiger partial charge in [0.1, 0.15) is 12.1 Å². The lowest BCUT2D eigenvalue weighted by molar-refractivity contribution is -0.149. The van der Waals surface area contributed by atoms with Crippen molar-refractivity contribution >= 4 is 47.6 Å². The zero-order valence-electron chi connectivity index (χ0n) is 28.5. The van der Waals surface area contributed by atoms with Crippen LogP contribution in [0.2, 0.25) is 0 Å². The highest BCUT2D eigenvalue weighted by atomic mass is 16.5. The van der Waals surface area contributed by atoms with E-state index in [1.807, 2.05) is 60.7 Å². The molecule has 15 heteroatoms. The number of carboxylic acids is 1. The summed E-state index contributed by atoms with van der Waals surface area (Å²) in [7, 11) is 3.46. The van der Waals surface area contributed by atoms with Gasteiger partial charge in [0.25, 0.3) is 0 Å². The molecule has 270 valence electrons. The first-order valence-corrected chi connectivity index (χ1v) is 15.8. The van der Waals surface area contributed by atoms with Gasteiger partial charge in [-0.3, -0.25) is 24.0 Å². The highest BCUT2D eigenvalue weighted by Crippen LogP contribution is 2.13. The Morgan fingerprint density at radius 3 is 2.00 bits per heavy atom. The molecular weight excluding hydrogens is 650 g/mol. The van der Waals surface area contributed by atoms with Crippen LogP contribution in [0.15, 0.2) is 66.7 Å². The van der Waals surface area contributed by atoms with E-state index >= 15 is 0 Å². The maximum absolute atomic E-state index is 13.5. The van der Waals surface area contributed by atoms with E-state index in [9.17, 15) is 33.6 Å². The molecule has 0 aromatic heterocycles. The number of rotatable bonds is 19. The third-order valence-corrected chi connectivity index (χ3v) is 7.65. The number of aliphatic carboxylic acids is 1. The number of carboxylic acid groups (broad SMARTS) is 1. The van der Waals surface area contributed by atoms with E-state index in [1.165, 1.54) is 7.05 Å². The molecule has 4 amide bonds. The van der Waals surface area contributed by atoms with Crippen molar-refractivity contribution in [2.45, 2.75) is 56.8 Å². The smallest absolute Gasteiger partial charge is 0.328 e. The maximum Gasteiger partial charge on any atom is 0.328 e. The molecule has 6 N–H and O–H groups in total. The molecule has 50 heavy (non-hydrogen) atoms. The molecule has 0 saturated heterocycles. The van der Waals surface area contributed by atoms with Crippen LogP contribution in [0.5, 0.6) is 0 Å². The van der Waals surface area contributed by atoms with Gasteiger partial charge in [-0.1, -0.05) is 79.7 Å². The molecule has 0 aliphatic heterocycles. The number of likely N-dealkylation sites (N-methyl/N-ethyl adjacent to an activating group) is 1. The Labute approximate surface area is 290 Å². The van der Waals surface area contributed by atoms with E-state index in [1.54, 1.807) is 19.1 Å². The molecule has 0 radical (unpaired) electrons. The summed E-state index contributed by atoms with van der Waals surface area (Å²) in [6.45, 7) is 1.04. The molecule has 5 atom stereocenters. The summed E-state index contributed by atoms with van der Waals surface area (Å²) in [6, 6.07) is 14.0. The van der Waals surface area contributed by atoms with Crippen LogP contribution in [0.1, 0.15) is 37.3 Å². The van der Waals surface area contributed by atoms with Crippen LogP contribution in [-0.2, 0) is 49.5 Å². The number of nitrogens with two attached hydrogens (primary N) is 1. The molecule has 2 aromatic rings. The second-order valence-corrected chi connectivity index (χ2v) is 11.5. The minimum absolute atomic E-state index is 0.196. The van der Waals surface area contributed by atoms with Crippen LogP contribution in [0.3, 0.4) is 0 Å². The first-order chi connectivity index (χ1) is 23.7. The average molecular weight is 696 g/mol. The Morgan fingerprint density at radius 1 is 0.840 bits per heavy atom. The Hall–Kier alpha value is -5.57. The van der Waals surface area contributed by atoms with Gasteiger partial charge in [0.15, 0.2) is 0 Å². The summed E-state index contributed by atoms with van der Waals surface area (Å²) < 4.78 is 9.35. The number of esters is 2. The fraction of sp³-hybridized carbons (Fsp3) is 0.400. The molecule has 0 heterocycles. The summed E-state index contributed by atoms with van der Waals surface area (Å²) in [4.78, 5) is 88.4. The van der Waals surface area contributed by atoms with E-state index in [4.69, 9.17) is 15.6 Å². The van der Waals surface area contributed by atoms with Crippen LogP contribution in [-0.4, -0.2) is 104 Å². The lowest BCUT2D eigenvalue weighted by Crippen LogP contribution is -2.52. The van der Waals surface area contributed by atoms with Crippen molar-refractivity contribution in [3.63, 3.8) is 0 Å². The summed E-state index contributed by atoms with van der Waals surface area (Å²) in [5.41, 5.74) is 7.88. The molecule has 2 rings (SSSR count). The summed E-state index contributed by atoms with van der Waals surface area (Å²) in [5, 5.41) is 16.6. The molecule has 2 aromatic carbocycles. The van der Waals surface area contributed by atoms with Crippen molar-refractivity contribution in [1.82, 2.24) is 20.9 Å². The van der Waals surface area contributed by atoms with Crippen molar-refractivity contribution in [2.24, 2.45) is 11.7 Å². The van der Waals surface area contributed by atoms with Gasteiger partial charge in [-0.05, 0) is 24.0 Å². The Balaban J connectivity index is 2.10. The molecule has 0 bridgehead atoms. The lowest BCUT2D eigenvalue weighted by Gasteiger charge is -2.26. The largest absolute Gasteiger partial charge is 0.481 e. The van der Waals surface area contributed by atoms with Crippen LogP contribution >= 0.6 is 0 Å². The van der Waals surface area contributed by atoms with Crippen molar-refractivity contribution in [3.05, 3.63) is 77.9 Å². The number of benzene rings is 2. The third-order valence-electron chi connectivity index (χ3n) is 7.65. The minimum atomic E-state index is -1.45. The minimum Gasteiger partial charge on any atom is -0.481 e. The zero-order valence-corrected chi connectivity index (χ0v) is 28.5. The normalized spacial score (nSPS) is 13.9. The van der Waals surface area contributed by atoms with E-state index in [0.29, 0.717) is 0 Å². The standard InChI is InChI=1S/C35H45N5O10/c1-22(26(16-15-23-11-7-5-8-12-23)38-33(46)25(36)19-24-13-9-6-10-14-24)32(45)39-27(34(47)49-3)17-18-30(42)40(2)21-29(41)37-28(20-31(43)44)35(48)50-4/h5-16,22,25-28H,17-21,36H2,1-4H3,(H,37,41)(H,38,46)(H,39,45)(H,43,44)/b16-15+/t22-,25-,26-,27+,28+/m0/s1. The predicted molar refractivity (Wildman–Crippen MR) is 182 cm³/mol. The van der Waals surface area contributed by atoms with Gasteiger partial charge in [-0.15, -0.1) is 0 Å². The van der Waals surface area contributed by atoms with Gasteiger partial charge in [0, 0.05) is 13.5 Å². The summed E-state index contributed by atoms with van der Waals surface area (Å²) >= 11 is 0. The highest BCUT2D eigenvalue weighted by molar-refractivity contribution is 5.91. The van der Waals surface area contributed by atoms with Gasteiger partial charge in [0.05, 0.1) is 45.2 Å². The topological polar surface area (TPSA) is 224 Å². The number of ether oxygens (including phenoxy) is 2. The SMILES string of the molecule is COC(=O)[C@@H](CC(=O)O)NC(=O)CN(C)C(=O)CC[C@@H](NC(=O)[C@@H](C)[C@H](/C=C/c1ccccc1)NC(=O)[C@@H](N)Cc1ccccc1)C(=O)OC. The number of methoxy groups -OCH3 is 2. The van der Waals surface area contributed by atoms with Crippen molar-refractivity contribution < 1.29 is 48.1 Å². The molecule has 0 aliphatic rings. The van der Waals surface area contributed by atoms with E-state index in [-0.39, 0.29) is 19.3 Å². The second-order valence-electron chi connectivity index (χ2n) is 11.5. The van der Waals surface area contributed by atoms with Crippen LogP contribution < -0.4 is 21.7 Å². The van der Waals surface area contributed by atoms with Crippen molar-refractivity contribution in [3.8, 4) is 0 Å². The van der Waals surface area contributed by atoms with Crippen molar-refractivity contribution in [1.29, 1.82) is 0 Å². The lowest BCUT2D eigenvalue weighted by atomic mass is 9.97. The van der Waals surface area contributed by atoms with E-state index in [0.717, 1.165) is 30.2 Å². The molecule has 0 fully saturated rings. The Morgan fingerprint density at radius 2 is 1.42 bits per heavy atom. The van der Waals surface area contributed by atoms with Crippen LogP contribution in [0.4, 0.5) is 0 Å². The number of nitrogens with one attached hydrogen (secondary N) is 3. The fourth-order valence-electron chi connectivity index (χ4n) is 4.72. The Kier molecular flexibility index (Phi) is 16.8. The van der Waals surface area contributed by atoms with Gasteiger partial charge in [-0.2, -0.15) is 0 Å². The molecular formula is C35H45N5O10. The number of nitrogens with zero attached hydrogens (tertiary/aromatic N) is 1. The zero-order chi connectivity index (χ0) is 37.2. The number of amides is 4. The van der Waals surface area contributed by atoms with E-state index < -0.39 is 84.6 Å². The molecule has 0 unspecified atom stereocenters. The molecule has 15 nitrogen and oxygen atoms in total. The molecule has 0 saturated carbocycles. The van der Waals surface area contributed by atoms with Gasteiger partial charge < -0.3 is 41.2 Å². The molecule has 0 spiro atoms. The van der Waals surface area contributed by atoms with Gasteiger partial charge in [0.2, 0.25) is 23.6 Å². The van der Waals surface area contributed by atoms with Crippen molar-refractivity contribution in [2.75, 3.05) is 27.8 Å². The molecule has 0 aliphatic carbocycles. The predicted octanol–water partition coefficient (Wildman–Crippen LogP) is 0.420. The number of carbonyl (C=O) groups excluding carboxylic acids is 6. The number of carbonyl (C=O) groups is 7. The third kappa shape index (κ3) is 13.9. The summed E-state index contributed by atoms with van der Waals surface area (Å²) in [6.07, 6.45) is 2.46. The highest BCUT2D eigenvalue weighted by Gasteiger charge is 2.31. The first kappa shape index (κ1) is 40.6. The average Bonchev–Trinajstić information content (AvgIpc) is 3.10. The fourth-order valence-corrected chi connectivity index (χ4v) is 4.72. The van der Waals surface area contributed by atoms with Crippen LogP contribution in [0.25, 0.3) is 6.08 Å². The monoisotopic (exact) mass is 695 g/mol. The maximum atomic E-state index is 13.5. The van der Waals surface area contributed by atoms with E-state index in [2.05, 4.69) is 20.7 Å². The van der Waals surface area contributed by atoms with Crippen LogP contribution in [0, 0.1) is 5.92 Å². The Bertz CT molecular complexity index is 1500. The number of hydrogen-bond acceptors (Lipinski definition) is 10. The first-order valence-electron chi connectivity index (χ1n) is 15.8.